The summed E-state index contributed by atoms with van der Waals surface area (Å²) in [7, 11) is 0. The Morgan fingerprint density at radius 2 is 0.841 bits per heavy atom. The van der Waals surface area contributed by atoms with E-state index in [1.807, 2.05) is 79.0 Å². The smallest absolute Gasteiger partial charge is 0.238 e. The van der Waals surface area contributed by atoms with E-state index in [0.29, 0.717) is 17.6 Å². The van der Waals surface area contributed by atoms with E-state index in [2.05, 4.69) is 165 Å². The van der Waals surface area contributed by atoms with E-state index in [9.17, 15) is 0 Å². The van der Waals surface area contributed by atoms with E-state index in [1.54, 1.807) is 0 Å². The van der Waals surface area contributed by atoms with Crippen molar-refractivity contribution in [3.8, 4) is 62.6 Å². The number of hydrogen-bond donors (Lipinski definition) is 0. The second-order valence-electron chi connectivity index (χ2n) is 17.3. The van der Waals surface area contributed by atoms with Crippen LogP contribution in [0.1, 0.15) is 0 Å². The van der Waals surface area contributed by atoms with Crippen molar-refractivity contribution in [2.24, 2.45) is 0 Å². The van der Waals surface area contributed by atoms with Gasteiger partial charge < -0.3 is 4.57 Å². The van der Waals surface area contributed by atoms with Crippen LogP contribution in [0.3, 0.4) is 0 Å². The number of benzene rings is 8. The van der Waals surface area contributed by atoms with Crippen LogP contribution in [0, 0.1) is 0 Å². The third kappa shape index (κ3) is 6.27. The minimum Gasteiger partial charge on any atom is -0.308 e. The van der Waals surface area contributed by atoms with Gasteiger partial charge in [0.15, 0.2) is 11.6 Å². The van der Waals surface area contributed by atoms with Crippen LogP contribution < -0.4 is 0 Å². The van der Waals surface area contributed by atoms with Crippen LogP contribution in [0.2, 0.25) is 0 Å². The molecule has 0 aliphatic rings. The van der Waals surface area contributed by atoms with Gasteiger partial charge in [-0.25, -0.2) is 9.97 Å². The zero-order valence-corrected chi connectivity index (χ0v) is 37.0. The molecule has 0 aliphatic carbocycles. The highest BCUT2D eigenvalue weighted by Gasteiger charge is 2.21. The van der Waals surface area contributed by atoms with E-state index >= 15 is 0 Å². The molecule has 0 N–H and O–H groups in total. The van der Waals surface area contributed by atoms with Crippen LogP contribution >= 0.6 is 0 Å². The second kappa shape index (κ2) is 15.5. The molecular formula is C61H38N8. The molecule has 6 heterocycles. The Morgan fingerprint density at radius 3 is 1.58 bits per heavy atom. The number of nitrogens with zero attached hydrogens (tertiary/aromatic N) is 8. The third-order valence-electron chi connectivity index (χ3n) is 13.4. The van der Waals surface area contributed by atoms with Crippen molar-refractivity contribution in [2.75, 3.05) is 0 Å². The molecule has 0 aliphatic heterocycles. The van der Waals surface area contributed by atoms with Gasteiger partial charge in [0.25, 0.3) is 0 Å². The molecule has 69 heavy (non-hydrogen) atoms. The van der Waals surface area contributed by atoms with Gasteiger partial charge in [0.05, 0.1) is 44.3 Å². The van der Waals surface area contributed by atoms with Crippen molar-refractivity contribution in [1.82, 2.24) is 38.6 Å². The molecule has 6 aromatic heterocycles. The summed E-state index contributed by atoms with van der Waals surface area (Å²) in [6.45, 7) is 0. The molecule has 0 radical (unpaired) electrons. The minimum atomic E-state index is 0.567. The van der Waals surface area contributed by atoms with Gasteiger partial charge in [-0.05, 0) is 90.0 Å². The van der Waals surface area contributed by atoms with Crippen molar-refractivity contribution in [2.45, 2.75) is 0 Å². The van der Waals surface area contributed by atoms with E-state index in [4.69, 9.17) is 24.9 Å². The lowest BCUT2D eigenvalue weighted by Gasteiger charge is -2.11. The molecule has 8 heteroatoms. The molecule has 8 nitrogen and oxygen atoms in total. The summed E-state index contributed by atoms with van der Waals surface area (Å²) in [5, 5.41) is 5.65. The molecule has 0 fully saturated rings. The van der Waals surface area contributed by atoms with E-state index in [-0.39, 0.29) is 0 Å². The fourth-order valence-corrected chi connectivity index (χ4v) is 10.2. The maximum atomic E-state index is 5.41. The highest BCUT2D eigenvalue weighted by Crippen LogP contribution is 2.39. The zero-order valence-electron chi connectivity index (χ0n) is 37.0. The molecule has 0 amide bonds. The summed E-state index contributed by atoms with van der Waals surface area (Å²) in [6, 6.07) is 78.4. The maximum Gasteiger partial charge on any atom is 0.238 e. The lowest BCUT2D eigenvalue weighted by Crippen LogP contribution is -2.06. The second-order valence-corrected chi connectivity index (χ2v) is 17.3. The van der Waals surface area contributed by atoms with Gasteiger partial charge in [-0.2, -0.15) is 9.97 Å². The van der Waals surface area contributed by atoms with E-state index < -0.39 is 0 Å². The summed E-state index contributed by atoms with van der Waals surface area (Å²) in [5.74, 6) is 2.66. The van der Waals surface area contributed by atoms with Crippen LogP contribution in [0.5, 0.6) is 0 Å². The highest BCUT2D eigenvalue weighted by atomic mass is 15.2. The maximum absolute atomic E-state index is 5.41. The predicted octanol–water partition coefficient (Wildman–Crippen LogP) is 14.6. The summed E-state index contributed by atoms with van der Waals surface area (Å²) >= 11 is 0. The minimum absolute atomic E-state index is 0.567. The van der Waals surface area contributed by atoms with Gasteiger partial charge in [-0.3, -0.25) is 14.1 Å². The van der Waals surface area contributed by atoms with Gasteiger partial charge in [0, 0.05) is 55.5 Å². The van der Waals surface area contributed by atoms with E-state index in [0.717, 1.165) is 99.8 Å². The zero-order chi connectivity index (χ0) is 45.4. The third-order valence-corrected chi connectivity index (χ3v) is 13.4. The van der Waals surface area contributed by atoms with Gasteiger partial charge >= 0.3 is 0 Å². The number of hydrogen-bond acceptors (Lipinski definition) is 5. The van der Waals surface area contributed by atoms with Gasteiger partial charge in [-0.1, -0.05) is 146 Å². The summed E-state index contributed by atoms with van der Waals surface area (Å²) in [5.41, 5.74) is 14.4. The van der Waals surface area contributed by atoms with Gasteiger partial charge in [-0.15, -0.1) is 0 Å². The predicted molar refractivity (Wildman–Crippen MR) is 280 cm³/mol. The number of fused-ring (bicyclic) bond motifs is 9. The van der Waals surface area contributed by atoms with Crippen molar-refractivity contribution in [1.29, 1.82) is 0 Å². The largest absolute Gasteiger partial charge is 0.308 e. The SMILES string of the molecule is c1ccc(-c2nc(-c3ccccc3)nc(-n3c4ccccc4c4cc(-c5ccc6c7ccccc7n(-c7cccc(-c8ccc9c(c8)c8ncccc8n9-c8ccccc8)n7)c6c5)ccc43)n2)cc1. The molecule has 0 atom stereocenters. The molecule has 0 spiro atoms. The van der Waals surface area contributed by atoms with Crippen LogP contribution in [0.4, 0.5) is 0 Å². The Morgan fingerprint density at radius 1 is 0.290 bits per heavy atom. The first-order valence-electron chi connectivity index (χ1n) is 23.1. The molecule has 8 aromatic carbocycles. The van der Waals surface area contributed by atoms with Crippen molar-refractivity contribution >= 4 is 65.5 Å². The highest BCUT2D eigenvalue weighted by molar-refractivity contribution is 6.13. The fourth-order valence-electron chi connectivity index (χ4n) is 10.2. The first-order chi connectivity index (χ1) is 34.2. The average molecular weight is 883 g/mol. The normalized spacial score (nSPS) is 11.8. The fraction of sp³-hybridized carbons (Fsp3) is 0. The Labute approximate surface area is 395 Å². The molecule has 322 valence electrons. The number of aromatic nitrogens is 8. The van der Waals surface area contributed by atoms with Crippen LogP contribution in [-0.2, 0) is 0 Å². The van der Waals surface area contributed by atoms with Crippen LogP contribution in [0.15, 0.2) is 231 Å². The van der Waals surface area contributed by atoms with Crippen molar-refractivity contribution in [3.05, 3.63) is 231 Å². The Balaban J connectivity index is 0.904. The Hall–Kier alpha value is -9.53. The summed E-state index contributed by atoms with van der Waals surface area (Å²) in [6.07, 6.45) is 1.87. The first kappa shape index (κ1) is 38.7. The molecular weight excluding hydrogens is 845 g/mol. The quantitative estimate of drug-likeness (QED) is 0.159. The number of para-hydroxylation sites is 3. The molecule has 0 saturated heterocycles. The molecule has 14 aromatic rings. The first-order valence-corrected chi connectivity index (χ1v) is 23.1. The van der Waals surface area contributed by atoms with Crippen LogP contribution in [-0.4, -0.2) is 38.6 Å². The lowest BCUT2D eigenvalue weighted by molar-refractivity contribution is 0.953. The monoisotopic (exact) mass is 882 g/mol. The van der Waals surface area contributed by atoms with Crippen molar-refractivity contribution in [3.63, 3.8) is 0 Å². The molecule has 0 saturated carbocycles. The number of pyridine rings is 2. The van der Waals surface area contributed by atoms with E-state index in [1.165, 1.54) is 10.8 Å². The summed E-state index contributed by atoms with van der Waals surface area (Å²) < 4.78 is 6.76. The van der Waals surface area contributed by atoms with Crippen molar-refractivity contribution < 1.29 is 0 Å². The Kier molecular flexibility index (Phi) is 8.72. The molecule has 0 unspecified atom stereocenters. The average Bonchev–Trinajstić information content (AvgIpc) is 4.06. The van der Waals surface area contributed by atoms with Crippen LogP contribution in [0.25, 0.3) is 128 Å². The molecule has 0 bridgehead atoms. The Bertz CT molecular complexity index is 4250. The van der Waals surface area contributed by atoms with Gasteiger partial charge in [0.1, 0.15) is 5.82 Å². The summed E-state index contributed by atoms with van der Waals surface area (Å²) in [4.78, 5) is 25.5. The number of rotatable bonds is 7. The lowest BCUT2D eigenvalue weighted by atomic mass is 10.0. The standard InChI is InChI=1S/C61H38N8/c1-4-16-39(17-5-1)59-64-60(40-18-6-2-7-19-40)66-61(65-59)69-52-26-13-11-23-46(52)48-36-41(30-33-53(48)69)42-29-32-47-45-22-10-12-25-51(45)68(56(47)38-42)57-28-14-24-50(63-57)43-31-34-54-49(37-43)58-55(27-15-35-62-58)67(54)44-20-8-3-9-21-44/h1-38H. The molecule has 14 rings (SSSR count). The van der Waals surface area contributed by atoms with Gasteiger partial charge in [0.2, 0.25) is 5.95 Å². The topological polar surface area (TPSA) is 79.2 Å².